The molecule has 0 spiro atoms. The van der Waals surface area contributed by atoms with Crippen molar-refractivity contribution in [2.75, 3.05) is 6.61 Å². The summed E-state index contributed by atoms with van der Waals surface area (Å²) in [5.41, 5.74) is 2.28. The van der Waals surface area contributed by atoms with Crippen molar-refractivity contribution in [2.24, 2.45) is 0 Å². The average Bonchev–Trinajstić information content (AvgIpc) is 3.16. The second-order valence-electron chi connectivity index (χ2n) is 12.1. The highest BCUT2D eigenvalue weighted by atomic mass is 16.5. The summed E-state index contributed by atoms with van der Waals surface area (Å²) in [6, 6.07) is 23.8. The van der Waals surface area contributed by atoms with Crippen LogP contribution in [0.25, 0.3) is 0 Å². The maximum absolute atomic E-state index is 13.3. The van der Waals surface area contributed by atoms with Crippen LogP contribution in [-0.2, 0) is 57.9 Å². The first-order chi connectivity index (χ1) is 24.8. The number of benzene rings is 3. The number of amides is 2. The van der Waals surface area contributed by atoms with Crippen LogP contribution < -0.4 is 10.6 Å². The number of hydrogen-bond donors (Lipinski definition) is 2. The molecule has 0 aliphatic heterocycles. The summed E-state index contributed by atoms with van der Waals surface area (Å²) in [5, 5.41) is 5.08. The van der Waals surface area contributed by atoms with E-state index in [0.29, 0.717) is 0 Å². The van der Waals surface area contributed by atoms with E-state index in [2.05, 4.69) is 17.6 Å². The molecular weight excluding hydrogens is 652 g/mol. The molecule has 51 heavy (non-hydrogen) atoms. The van der Waals surface area contributed by atoms with Crippen molar-refractivity contribution in [1.29, 1.82) is 0 Å². The van der Waals surface area contributed by atoms with E-state index in [4.69, 9.17) is 18.9 Å². The molecule has 0 aliphatic carbocycles. The molecule has 3 aromatic rings. The number of nitrogens with one attached hydrogen (secondary N) is 2. The lowest BCUT2D eigenvalue weighted by Gasteiger charge is -2.21. The average molecular weight is 703 g/mol. The molecular formula is C40H50N2O9. The minimum atomic E-state index is -1.25. The monoisotopic (exact) mass is 702 g/mol. The molecule has 0 radical (unpaired) electrons. The van der Waals surface area contributed by atoms with Gasteiger partial charge in [-0.2, -0.15) is 0 Å². The van der Waals surface area contributed by atoms with Crippen LogP contribution in [0.15, 0.2) is 91.0 Å². The number of rotatable bonds is 23. The first-order valence-electron chi connectivity index (χ1n) is 17.7. The first-order valence-corrected chi connectivity index (χ1v) is 17.7. The van der Waals surface area contributed by atoms with Gasteiger partial charge in [-0.1, -0.05) is 130 Å². The SMILES string of the molecule is CCCCCCCCOC(=O)CCC(NC(=O)NC(CCC(=O)OCc1ccccc1)C(=O)OCc1ccccc1)C(=O)OCc1ccccc1. The molecule has 0 saturated heterocycles. The van der Waals surface area contributed by atoms with Gasteiger partial charge < -0.3 is 29.6 Å². The van der Waals surface area contributed by atoms with Crippen molar-refractivity contribution in [3.8, 4) is 0 Å². The number of carbonyl (C=O) groups is 5. The van der Waals surface area contributed by atoms with E-state index in [9.17, 15) is 24.0 Å². The molecule has 0 bridgehead atoms. The van der Waals surface area contributed by atoms with Crippen molar-refractivity contribution < 1.29 is 42.9 Å². The van der Waals surface area contributed by atoms with Gasteiger partial charge in [0.15, 0.2) is 0 Å². The van der Waals surface area contributed by atoms with E-state index >= 15 is 0 Å². The van der Waals surface area contributed by atoms with Gasteiger partial charge >= 0.3 is 29.9 Å². The molecule has 11 nitrogen and oxygen atoms in total. The van der Waals surface area contributed by atoms with Crippen LogP contribution in [0.3, 0.4) is 0 Å². The van der Waals surface area contributed by atoms with Crippen LogP contribution in [-0.4, -0.2) is 48.6 Å². The lowest BCUT2D eigenvalue weighted by atomic mass is 10.1. The Balaban J connectivity index is 1.60. The minimum absolute atomic E-state index is 0.0402. The van der Waals surface area contributed by atoms with Crippen LogP contribution in [0.4, 0.5) is 4.79 Å². The zero-order valence-corrected chi connectivity index (χ0v) is 29.4. The molecule has 11 heteroatoms. The number of ether oxygens (including phenoxy) is 4. The summed E-state index contributed by atoms with van der Waals surface area (Å²) >= 11 is 0. The first kappa shape index (κ1) is 40.2. The Bertz CT molecular complexity index is 1470. The van der Waals surface area contributed by atoms with Gasteiger partial charge in [0, 0.05) is 12.8 Å². The lowest BCUT2D eigenvalue weighted by Crippen LogP contribution is -2.52. The lowest BCUT2D eigenvalue weighted by molar-refractivity contribution is -0.149. The van der Waals surface area contributed by atoms with Gasteiger partial charge in [0.2, 0.25) is 0 Å². The Morgan fingerprint density at radius 2 is 0.902 bits per heavy atom. The van der Waals surface area contributed by atoms with Crippen molar-refractivity contribution in [1.82, 2.24) is 10.6 Å². The standard InChI is InChI=1S/C40H50N2O9/c1-2-3-4-5-6-16-27-48-36(43)25-23-34(38(45)50-29-32-19-12-8-13-20-32)41-40(47)42-35(39(46)51-30-33-21-14-9-15-22-33)24-26-37(44)49-28-31-17-10-7-11-18-31/h7-15,17-22,34-35H,2-6,16,23-30H2,1H3,(H2,41,42,47). The number of unbranched alkanes of at least 4 members (excludes halogenated alkanes) is 5. The molecule has 0 saturated carbocycles. The second-order valence-corrected chi connectivity index (χ2v) is 12.1. The Morgan fingerprint density at radius 3 is 1.35 bits per heavy atom. The second kappa shape index (κ2) is 24.0. The number of hydrogen-bond acceptors (Lipinski definition) is 9. The molecule has 2 N–H and O–H groups in total. The maximum atomic E-state index is 13.3. The van der Waals surface area contributed by atoms with Gasteiger partial charge in [0.1, 0.15) is 31.9 Å². The molecule has 3 rings (SSSR count). The van der Waals surface area contributed by atoms with E-state index in [0.717, 1.165) is 48.8 Å². The van der Waals surface area contributed by atoms with Gasteiger partial charge in [-0.3, -0.25) is 9.59 Å². The van der Waals surface area contributed by atoms with Gasteiger partial charge in [-0.05, 0) is 36.0 Å². The number of carbonyl (C=O) groups excluding carboxylic acids is 5. The highest BCUT2D eigenvalue weighted by Crippen LogP contribution is 2.11. The maximum Gasteiger partial charge on any atom is 0.329 e. The van der Waals surface area contributed by atoms with E-state index < -0.39 is 42.0 Å². The highest BCUT2D eigenvalue weighted by molar-refractivity contribution is 5.87. The summed E-state index contributed by atoms with van der Waals surface area (Å²) < 4.78 is 21.6. The van der Waals surface area contributed by atoms with Gasteiger partial charge in [0.05, 0.1) is 6.61 Å². The molecule has 274 valence electrons. The summed E-state index contributed by atoms with van der Waals surface area (Å²) in [6.07, 6.45) is 5.72. The van der Waals surface area contributed by atoms with E-state index in [1.165, 1.54) is 6.42 Å². The Hall–Kier alpha value is -5.19. The molecule has 0 fully saturated rings. The summed E-state index contributed by atoms with van der Waals surface area (Å²) in [5.74, 6) is -2.59. The van der Waals surface area contributed by atoms with Crippen LogP contribution in [0, 0.1) is 0 Å². The van der Waals surface area contributed by atoms with Crippen molar-refractivity contribution >= 4 is 29.9 Å². The van der Waals surface area contributed by atoms with Crippen LogP contribution in [0.1, 0.15) is 87.8 Å². The molecule has 0 aromatic heterocycles. The van der Waals surface area contributed by atoms with Gasteiger partial charge in [-0.15, -0.1) is 0 Å². The van der Waals surface area contributed by atoms with E-state index in [1.807, 2.05) is 42.5 Å². The van der Waals surface area contributed by atoms with Crippen LogP contribution in [0.5, 0.6) is 0 Å². The minimum Gasteiger partial charge on any atom is -0.466 e. The fraction of sp³-hybridized carbons (Fsp3) is 0.425. The molecule has 0 aliphatic rings. The van der Waals surface area contributed by atoms with E-state index in [-0.39, 0.29) is 52.1 Å². The van der Waals surface area contributed by atoms with Gasteiger partial charge in [0.25, 0.3) is 0 Å². The third kappa shape index (κ3) is 17.3. The predicted octanol–water partition coefficient (Wildman–Crippen LogP) is 6.72. The van der Waals surface area contributed by atoms with Crippen LogP contribution >= 0.6 is 0 Å². The summed E-state index contributed by atoms with van der Waals surface area (Å²) in [4.78, 5) is 64.7. The fourth-order valence-corrected chi connectivity index (χ4v) is 4.99. The van der Waals surface area contributed by atoms with Gasteiger partial charge in [-0.25, -0.2) is 14.4 Å². The Morgan fingerprint density at radius 1 is 0.510 bits per heavy atom. The molecule has 2 atom stereocenters. The van der Waals surface area contributed by atoms with Crippen molar-refractivity contribution in [2.45, 2.75) is 103 Å². The number of urea groups is 1. The smallest absolute Gasteiger partial charge is 0.329 e. The summed E-state index contributed by atoms with van der Waals surface area (Å²) in [6.45, 7) is 2.40. The Labute approximate surface area is 300 Å². The molecule has 2 unspecified atom stereocenters. The molecule has 0 heterocycles. The third-order valence-electron chi connectivity index (χ3n) is 7.91. The fourth-order valence-electron chi connectivity index (χ4n) is 4.99. The molecule has 2 amide bonds. The predicted molar refractivity (Wildman–Crippen MR) is 191 cm³/mol. The quantitative estimate of drug-likeness (QED) is 0.0625. The summed E-state index contributed by atoms with van der Waals surface area (Å²) in [7, 11) is 0. The zero-order valence-electron chi connectivity index (χ0n) is 29.4. The largest absolute Gasteiger partial charge is 0.466 e. The zero-order chi connectivity index (χ0) is 36.5. The topological polar surface area (TPSA) is 146 Å². The Kier molecular flexibility index (Phi) is 19.0. The number of esters is 4. The molecule has 3 aromatic carbocycles. The van der Waals surface area contributed by atoms with Crippen LogP contribution in [0.2, 0.25) is 0 Å². The highest BCUT2D eigenvalue weighted by Gasteiger charge is 2.28. The van der Waals surface area contributed by atoms with Crippen molar-refractivity contribution in [3.63, 3.8) is 0 Å². The van der Waals surface area contributed by atoms with Crippen molar-refractivity contribution in [3.05, 3.63) is 108 Å². The normalized spacial score (nSPS) is 11.8. The third-order valence-corrected chi connectivity index (χ3v) is 7.91. The van der Waals surface area contributed by atoms with E-state index in [1.54, 1.807) is 48.5 Å².